The summed E-state index contributed by atoms with van der Waals surface area (Å²) in [5, 5.41) is 21.4. The third-order valence-electron chi connectivity index (χ3n) is 7.00. The van der Waals surface area contributed by atoms with Gasteiger partial charge in [-0.25, -0.2) is 4.79 Å². The Bertz CT molecular complexity index is 625. The summed E-state index contributed by atoms with van der Waals surface area (Å²) in [7, 11) is 4.42. The minimum atomic E-state index is -1.22. The van der Waals surface area contributed by atoms with Crippen LogP contribution in [0.15, 0.2) is 11.3 Å². The number of carbonyl (C=O) groups is 1. The summed E-state index contributed by atoms with van der Waals surface area (Å²) in [4.78, 5) is 12.9. The molecule has 0 amide bonds. The highest BCUT2D eigenvalue weighted by molar-refractivity contribution is 5.84. The number of aliphatic hydroxyl groups is 2. The van der Waals surface area contributed by atoms with E-state index in [-0.39, 0.29) is 5.92 Å². The first-order valence-electron chi connectivity index (χ1n) is 8.89. The van der Waals surface area contributed by atoms with Gasteiger partial charge in [0.15, 0.2) is 5.76 Å². The highest BCUT2D eigenvalue weighted by Gasteiger charge is 2.75. The number of fused-ring (bicyclic) bond motifs is 2. The van der Waals surface area contributed by atoms with Gasteiger partial charge in [-0.1, -0.05) is 0 Å². The van der Waals surface area contributed by atoms with Crippen LogP contribution in [0.2, 0.25) is 0 Å². The molecule has 0 aromatic rings. The molecule has 5 rings (SSSR count). The zero-order valence-electron chi connectivity index (χ0n) is 14.9. The summed E-state index contributed by atoms with van der Waals surface area (Å²) in [6.45, 7) is 0. The van der Waals surface area contributed by atoms with Crippen molar-refractivity contribution in [2.24, 2.45) is 11.3 Å². The molecule has 7 heteroatoms. The summed E-state index contributed by atoms with van der Waals surface area (Å²) < 4.78 is 22.8. The van der Waals surface area contributed by atoms with Gasteiger partial charge in [-0.2, -0.15) is 0 Å². The van der Waals surface area contributed by atoms with Crippen molar-refractivity contribution < 1.29 is 34.0 Å². The lowest BCUT2D eigenvalue weighted by Crippen LogP contribution is -2.64. The van der Waals surface area contributed by atoms with Crippen LogP contribution in [0.4, 0.5) is 0 Å². The summed E-state index contributed by atoms with van der Waals surface area (Å²) >= 11 is 0. The molecule has 1 aliphatic heterocycles. The first kappa shape index (κ1) is 17.3. The van der Waals surface area contributed by atoms with Crippen LogP contribution in [0.1, 0.15) is 38.5 Å². The summed E-state index contributed by atoms with van der Waals surface area (Å²) in [6, 6.07) is 0. The van der Waals surface area contributed by atoms with Crippen molar-refractivity contribution >= 4 is 5.97 Å². The van der Waals surface area contributed by atoms with E-state index in [1.807, 2.05) is 0 Å². The zero-order valence-corrected chi connectivity index (χ0v) is 14.9. The monoisotopic (exact) mass is 354 g/mol. The largest absolute Gasteiger partial charge is 0.473 e. The summed E-state index contributed by atoms with van der Waals surface area (Å²) in [5.41, 5.74) is -1.33. The third kappa shape index (κ3) is 1.87. The van der Waals surface area contributed by atoms with Gasteiger partial charge in [-0.05, 0) is 31.6 Å². The van der Waals surface area contributed by atoms with Crippen LogP contribution in [0.3, 0.4) is 0 Å². The van der Waals surface area contributed by atoms with E-state index in [0.717, 1.165) is 6.42 Å². The van der Waals surface area contributed by atoms with Gasteiger partial charge < -0.3 is 29.2 Å². The van der Waals surface area contributed by atoms with E-state index in [4.69, 9.17) is 18.9 Å². The van der Waals surface area contributed by atoms with Crippen molar-refractivity contribution in [1.29, 1.82) is 0 Å². The molecule has 25 heavy (non-hydrogen) atoms. The highest BCUT2D eigenvalue weighted by atomic mass is 16.7. The first-order chi connectivity index (χ1) is 11.9. The number of hydrogen-bond acceptors (Lipinski definition) is 7. The van der Waals surface area contributed by atoms with Crippen LogP contribution in [-0.2, 0) is 23.7 Å². The second-order valence-electron chi connectivity index (χ2n) is 7.74. The van der Waals surface area contributed by atoms with Gasteiger partial charge in [0.1, 0.15) is 0 Å². The van der Waals surface area contributed by atoms with Crippen LogP contribution in [0.5, 0.6) is 0 Å². The molecular weight excluding hydrogens is 328 g/mol. The van der Waals surface area contributed by atoms with Gasteiger partial charge in [0, 0.05) is 32.6 Å². The minimum absolute atomic E-state index is 0.0149. The van der Waals surface area contributed by atoms with Gasteiger partial charge >= 0.3 is 5.97 Å². The summed E-state index contributed by atoms with van der Waals surface area (Å²) in [5.74, 6) is -1.19. The van der Waals surface area contributed by atoms with E-state index >= 15 is 0 Å². The molecule has 3 saturated carbocycles. The Morgan fingerprint density at radius 2 is 1.84 bits per heavy atom. The molecule has 140 valence electrons. The molecule has 4 aliphatic carbocycles. The molecule has 2 bridgehead atoms. The Hall–Kier alpha value is -1.15. The quantitative estimate of drug-likeness (QED) is 0.574. The van der Waals surface area contributed by atoms with Crippen molar-refractivity contribution in [3.8, 4) is 0 Å². The number of methoxy groups -OCH3 is 3. The average molecular weight is 354 g/mol. The Balaban J connectivity index is 1.94. The topological polar surface area (TPSA) is 94.5 Å². The molecule has 5 aliphatic rings. The van der Waals surface area contributed by atoms with Crippen LogP contribution in [-0.4, -0.2) is 61.1 Å². The molecule has 0 radical (unpaired) electrons. The highest BCUT2D eigenvalue weighted by Crippen LogP contribution is 2.68. The lowest BCUT2D eigenvalue weighted by atomic mass is 9.48. The molecule has 0 saturated heterocycles. The maximum atomic E-state index is 12.9. The Kier molecular flexibility index (Phi) is 3.75. The van der Waals surface area contributed by atoms with Gasteiger partial charge in [0.05, 0.1) is 24.7 Å². The normalized spacial score (nSPS) is 44.1. The summed E-state index contributed by atoms with van der Waals surface area (Å²) in [6.07, 6.45) is 1.83. The number of carbonyl (C=O) groups excluding carboxylic acids is 1. The zero-order chi connectivity index (χ0) is 18.0. The fourth-order valence-corrected chi connectivity index (χ4v) is 5.76. The van der Waals surface area contributed by atoms with Gasteiger partial charge in [0.2, 0.25) is 11.4 Å². The third-order valence-corrected chi connectivity index (χ3v) is 7.00. The standard InChI is InChI=1S/C18H26O7/c1-22-15(21)17-8-10-4-6-16(17,9-12(10)20)13-11(19)5-7-18(23-2,24-3)14(13)25-17/h10-12,19-20H,4-9H2,1-3H3/t10-,11-,12?,16-,17+/m1/s1. The van der Waals surface area contributed by atoms with E-state index in [0.29, 0.717) is 43.4 Å². The van der Waals surface area contributed by atoms with Crippen LogP contribution >= 0.6 is 0 Å². The predicted octanol–water partition coefficient (Wildman–Crippen LogP) is 0.877. The van der Waals surface area contributed by atoms with Crippen molar-refractivity contribution in [1.82, 2.24) is 0 Å². The Morgan fingerprint density at radius 1 is 1.12 bits per heavy atom. The van der Waals surface area contributed by atoms with Crippen LogP contribution < -0.4 is 0 Å². The molecule has 0 aromatic carbocycles. The van der Waals surface area contributed by atoms with E-state index in [9.17, 15) is 15.0 Å². The minimum Gasteiger partial charge on any atom is -0.473 e. The molecule has 0 aromatic heterocycles. The molecular formula is C18H26O7. The number of hydrogen-bond donors (Lipinski definition) is 2. The van der Waals surface area contributed by atoms with Crippen molar-refractivity contribution in [2.45, 2.75) is 62.1 Å². The van der Waals surface area contributed by atoms with E-state index in [1.165, 1.54) is 21.3 Å². The molecule has 3 fully saturated rings. The van der Waals surface area contributed by atoms with E-state index in [1.54, 1.807) is 0 Å². The van der Waals surface area contributed by atoms with Gasteiger partial charge in [-0.3, -0.25) is 0 Å². The molecule has 2 N–H and O–H groups in total. The average Bonchev–Trinajstić information content (AvgIpc) is 2.94. The maximum absolute atomic E-state index is 12.9. The number of esters is 1. The van der Waals surface area contributed by atoms with E-state index in [2.05, 4.69) is 0 Å². The van der Waals surface area contributed by atoms with Crippen LogP contribution in [0, 0.1) is 11.3 Å². The lowest BCUT2D eigenvalue weighted by Gasteiger charge is -2.56. The number of ether oxygens (including phenoxy) is 4. The molecule has 7 nitrogen and oxygen atoms in total. The second-order valence-corrected chi connectivity index (χ2v) is 7.74. The number of rotatable bonds is 3. The molecule has 5 atom stereocenters. The smallest absolute Gasteiger partial charge is 0.351 e. The Labute approximate surface area is 146 Å². The SMILES string of the molecule is COC(=O)[C@@]12C[C@H]3CC[C@@]1(CC3O)C1=C(O2)C(OC)(OC)CC[C@H]1O. The first-order valence-corrected chi connectivity index (χ1v) is 8.89. The fraction of sp³-hybridized carbons (Fsp3) is 0.833. The van der Waals surface area contributed by atoms with Crippen molar-refractivity contribution in [2.75, 3.05) is 21.3 Å². The van der Waals surface area contributed by atoms with E-state index < -0.39 is 35.0 Å². The Morgan fingerprint density at radius 3 is 2.44 bits per heavy atom. The predicted molar refractivity (Wildman–Crippen MR) is 85.2 cm³/mol. The maximum Gasteiger partial charge on any atom is 0.351 e. The van der Waals surface area contributed by atoms with Crippen molar-refractivity contribution in [3.05, 3.63) is 11.3 Å². The molecule has 1 unspecified atom stereocenters. The van der Waals surface area contributed by atoms with Gasteiger partial charge in [0.25, 0.3) is 0 Å². The fourth-order valence-electron chi connectivity index (χ4n) is 5.76. The van der Waals surface area contributed by atoms with Gasteiger partial charge in [-0.15, -0.1) is 0 Å². The second kappa shape index (κ2) is 5.42. The van der Waals surface area contributed by atoms with Crippen LogP contribution in [0.25, 0.3) is 0 Å². The molecule has 1 heterocycles. The lowest BCUT2D eigenvalue weighted by molar-refractivity contribution is -0.236. The number of aliphatic hydroxyl groups excluding tert-OH is 2. The molecule has 1 spiro atoms. The van der Waals surface area contributed by atoms with Crippen molar-refractivity contribution in [3.63, 3.8) is 0 Å².